The molecular formula is C23H16F3IN2O2. The zero-order chi connectivity index (χ0) is 22.5. The molecule has 0 fully saturated rings. The van der Waals surface area contributed by atoms with Crippen LogP contribution in [0.25, 0.3) is 0 Å². The third-order valence-electron chi connectivity index (χ3n) is 4.24. The average molecular weight is 536 g/mol. The van der Waals surface area contributed by atoms with Gasteiger partial charge in [0.2, 0.25) is 12.0 Å². The Hall–Kier alpha value is -3.19. The molecule has 0 aliphatic heterocycles. The van der Waals surface area contributed by atoms with Gasteiger partial charge in [0.15, 0.2) is 11.6 Å². The second-order valence-corrected chi connectivity index (χ2v) is 7.70. The number of anilines is 1. The molecule has 3 rings (SSSR count). The SMILES string of the molecule is Cc1cc(I)ccc1NC(C#Cc1ccccc1F)Oc1c(C(N)=O)ccc(F)c1F. The molecule has 1 atom stereocenters. The highest BCUT2D eigenvalue weighted by Gasteiger charge is 2.22. The number of halogens is 4. The van der Waals surface area contributed by atoms with Crippen molar-refractivity contribution in [1.29, 1.82) is 0 Å². The molecule has 0 saturated carbocycles. The number of nitrogens with two attached hydrogens (primary N) is 1. The van der Waals surface area contributed by atoms with Crippen LogP contribution in [0.4, 0.5) is 18.9 Å². The van der Waals surface area contributed by atoms with Crippen molar-refractivity contribution in [1.82, 2.24) is 0 Å². The maximum absolute atomic E-state index is 14.4. The number of hydrogen-bond acceptors (Lipinski definition) is 3. The van der Waals surface area contributed by atoms with E-state index >= 15 is 0 Å². The predicted octanol–water partition coefficient (Wildman–Crippen LogP) is 4.98. The summed E-state index contributed by atoms with van der Waals surface area (Å²) in [7, 11) is 0. The fourth-order valence-electron chi connectivity index (χ4n) is 2.69. The van der Waals surface area contributed by atoms with Gasteiger partial charge >= 0.3 is 0 Å². The van der Waals surface area contributed by atoms with Gasteiger partial charge in [0.1, 0.15) is 5.82 Å². The number of aryl methyl sites for hydroxylation is 1. The first kappa shape index (κ1) is 22.5. The van der Waals surface area contributed by atoms with E-state index in [1.54, 1.807) is 12.1 Å². The van der Waals surface area contributed by atoms with Crippen molar-refractivity contribution in [2.24, 2.45) is 5.73 Å². The van der Waals surface area contributed by atoms with Gasteiger partial charge in [-0.3, -0.25) is 4.79 Å². The lowest BCUT2D eigenvalue weighted by Gasteiger charge is -2.20. The van der Waals surface area contributed by atoms with Gasteiger partial charge in [0.05, 0.1) is 11.1 Å². The normalized spacial score (nSPS) is 11.3. The minimum atomic E-state index is -1.38. The Morgan fingerprint density at radius 3 is 2.52 bits per heavy atom. The van der Waals surface area contributed by atoms with Gasteiger partial charge in [-0.25, -0.2) is 8.78 Å². The summed E-state index contributed by atoms with van der Waals surface area (Å²) in [6.45, 7) is 1.84. The van der Waals surface area contributed by atoms with E-state index in [0.717, 1.165) is 21.3 Å². The third-order valence-corrected chi connectivity index (χ3v) is 4.91. The summed E-state index contributed by atoms with van der Waals surface area (Å²) in [5.74, 6) is 0.456. The van der Waals surface area contributed by atoms with Crippen molar-refractivity contribution in [2.75, 3.05) is 5.32 Å². The summed E-state index contributed by atoms with van der Waals surface area (Å²) in [6.07, 6.45) is -1.26. The number of amides is 1. The minimum Gasteiger partial charge on any atom is -0.455 e. The lowest BCUT2D eigenvalue weighted by Crippen LogP contribution is -2.27. The van der Waals surface area contributed by atoms with Crippen LogP contribution in [0.1, 0.15) is 21.5 Å². The van der Waals surface area contributed by atoms with Gasteiger partial charge in [-0.1, -0.05) is 18.1 Å². The van der Waals surface area contributed by atoms with Gasteiger partial charge in [-0.15, -0.1) is 0 Å². The van der Waals surface area contributed by atoms with Crippen LogP contribution in [0.2, 0.25) is 0 Å². The number of carbonyl (C=O) groups excluding carboxylic acids is 1. The van der Waals surface area contributed by atoms with Crippen LogP contribution in [-0.2, 0) is 0 Å². The Kier molecular flexibility index (Phi) is 7.07. The highest BCUT2D eigenvalue weighted by molar-refractivity contribution is 14.1. The molecule has 31 heavy (non-hydrogen) atoms. The largest absolute Gasteiger partial charge is 0.455 e. The number of rotatable bonds is 5. The first-order valence-corrected chi connectivity index (χ1v) is 10.1. The highest BCUT2D eigenvalue weighted by Crippen LogP contribution is 2.27. The van der Waals surface area contributed by atoms with E-state index < -0.39 is 35.3 Å². The van der Waals surface area contributed by atoms with Gasteiger partial charge in [-0.2, -0.15) is 4.39 Å². The Balaban J connectivity index is 2.04. The molecule has 1 amide bonds. The molecule has 3 N–H and O–H groups in total. The van der Waals surface area contributed by atoms with E-state index in [-0.39, 0.29) is 11.1 Å². The molecule has 158 valence electrons. The Bertz CT molecular complexity index is 1210. The smallest absolute Gasteiger partial charge is 0.252 e. The molecule has 4 nitrogen and oxygen atoms in total. The second kappa shape index (κ2) is 9.75. The fraction of sp³-hybridized carbons (Fsp3) is 0.0870. The van der Waals surface area contributed by atoms with Crippen LogP contribution < -0.4 is 15.8 Å². The van der Waals surface area contributed by atoms with Crippen molar-refractivity contribution in [3.8, 4) is 17.6 Å². The Morgan fingerprint density at radius 2 is 1.84 bits per heavy atom. The van der Waals surface area contributed by atoms with Gasteiger partial charge in [-0.05, 0) is 83.5 Å². The number of ether oxygens (including phenoxy) is 1. The molecule has 0 heterocycles. The number of carbonyl (C=O) groups is 1. The van der Waals surface area contributed by atoms with Gasteiger partial charge in [0.25, 0.3) is 5.91 Å². The van der Waals surface area contributed by atoms with E-state index in [9.17, 15) is 18.0 Å². The van der Waals surface area contributed by atoms with E-state index in [1.807, 2.05) is 19.1 Å². The van der Waals surface area contributed by atoms with Crippen molar-refractivity contribution < 1.29 is 22.7 Å². The fourth-order valence-corrected chi connectivity index (χ4v) is 3.34. The topological polar surface area (TPSA) is 64.3 Å². The molecule has 0 aliphatic rings. The minimum absolute atomic E-state index is 0.0899. The summed E-state index contributed by atoms with van der Waals surface area (Å²) in [4.78, 5) is 11.7. The van der Waals surface area contributed by atoms with Crippen LogP contribution in [0, 0.1) is 39.8 Å². The lowest BCUT2D eigenvalue weighted by molar-refractivity contribution is 0.0994. The number of primary amides is 1. The van der Waals surface area contributed by atoms with Gasteiger partial charge in [0, 0.05) is 9.26 Å². The monoisotopic (exact) mass is 536 g/mol. The molecule has 1 unspecified atom stereocenters. The maximum Gasteiger partial charge on any atom is 0.252 e. The molecule has 3 aromatic carbocycles. The molecular weight excluding hydrogens is 520 g/mol. The number of hydrogen-bond donors (Lipinski definition) is 2. The molecule has 0 aliphatic carbocycles. The zero-order valence-electron chi connectivity index (χ0n) is 16.2. The molecule has 0 radical (unpaired) electrons. The summed E-state index contributed by atoms with van der Waals surface area (Å²) < 4.78 is 48.7. The van der Waals surface area contributed by atoms with E-state index in [0.29, 0.717) is 5.69 Å². The first-order chi connectivity index (χ1) is 14.8. The molecule has 0 bridgehead atoms. The quantitative estimate of drug-likeness (QED) is 0.275. The Morgan fingerprint density at radius 1 is 1.10 bits per heavy atom. The standard InChI is InChI=1S/C23H16F3IN2O2/c1-13-12-15(27)7-10-19(13)29-20(11-6-14-4-2-3-5-17(14)24)31-22-16(23(28)30)8-9-18(25)21(22)26/h2-5,7-10,12,20,29H,1H3,(H2,28,30). The van der Waals surface area contributed by atoms with Crippen LogP contribution in [0.15, 0.2) is 54.6 Å². The Labute approximate surface area is 190 Å². The first-order valence-electron chi connectivity index (χ1n) is 8.99. The summed E-state index contributed by atoms with van der Waals surface area (Å²) in [6, 6.07) is 13.1. The van der Waals surface area contributed by atoms with Crippen LogP contribution in [-0.4, -0.2) is 12.1 Å². The molecule has 0 saturated heterocycles. The number of benzene rings is 3. The second-order valence-electron chi connectivity index (χ2n) is 6.45. The van der Waals surface area contributed by atoms with Crippen LogP contribution in [0.3, 0.4) is 0 Å². The molecule has 0 aromatic heterocycles. The van der Waals surface area contributed by atoms with Crippen molar-refractivity contribution >= 4 is 34.2 Å². The summed E-state index contributed by atoms with van der Waals surface area (Å²) in [5.41, 5.74) is 6.45. The van der Waals surface area contributed by atoms with Crippen LogP contribution >= 0.6 is 22.6 Å². The van der Waals surface area contributed by atoms with Crippen molar-refractivity contribution in [3.63, 3.8) is 0 Å². The van der Waals surface area contributed by atoms with Crippen LogP contribution in [0.5, 0.6) is 5.75 Å². The summed E-state index contributed by atoms with van der Waals surface area (Å²) >= 11 is 2.15. The van der Waals surface area contributed by atoms with Crippen molar-refractivity contribution in [2.45, 2.75) is 13.2 Å². The third kappa shape index (κ3) is 5.49. The van der Waals surface area contributed by atoms with E-state index in [2.05, 4.69) is 39.7 Å². The van der Waals surface area contributed by atoms with Gasteiger partial charge < -0.3 is 15.8 Å². The van der Waals surface area contributed by atoms with E-state index in [4.69, 9.17) is 10.5 Å². The maximum atomic E-state index is 14.4. The zero-order valence-corrected chi connectivity index (χ0v) is 18.3. The lowest BCUT2D eigenvalue weighted by atomic mass is 10.1. The molecule has 8 heteroatoms. The average Bonchev–Trinajstić information content (AvgIpc) is 2.72. The number of nitrogens with one attached hydrogen (secondary N) is 1. The molecule has 3 aromatic rings. The van der Waals surface area contributed by atoms with Crippen molar-refractivity contribution in [3.05, 3.63) is 92.3 Å². The highest BCUT2D eigenvalue weighted by atomic mass is 127. The molecule has 0 spiro atoms. The van der Waals surface area contributed by atoms with E-state index in [1.165, 1.54) is 18.2 Å². The summed E-state index contributed by atoms with van der Waals surface area (Å²) in [5, 5.41) is 2.96. The predicted molar refractivity (Wildman–Crippen MR) is 120 cm³/mol.